The highest BCUT2D eigenvalue weighted by Gasteiger charge is 2.34. The minimum absolute atomic E-state index is 0.122. The fourth-order valence-corrected chi connectivity index (χ4v) is 6.55. The molecule has 0 spiro atoms. The van der Waals surface area contributed by atoms with Gasteiger partial charge in [0.1, 0.15) is 6.04 Å². The number of aromatic nitrogens is 2. The van der Waals surface area contributed by atoms with Gasteiger partial charge in [-0.2, -0.15) is 4.68 Å². The molecule has 0 saturated carbocycles. The molecule has 3 atom stereocenters. The third kappa shape index (κ3) is 3.22. The van der Waals surface area contributed by atoms with Gasteiger partial charge in [-0.05, 0) is 30.1 Å². The first-order valence-electron chi connectivity index (χ1n) is 8.18. The smallest absolute Gasteiger partial charge is 0.291 e. The van der Waals surface area contributed by atoms with Crippen molar-refractivity contribution in [2.75, 3.05) is 18.1 Å². The number of rotatable bonds is 4. The molecule has 0 bridgehead atoms. The molecule has 2 aromatic heterocycles. The van der Waals surface area contributed by atoms with Gasteiger partial charge in [0.05, 0.1) is 28.8 Å². The quantitative estimate of drug-likeness (QED) is 0.808. The molecule has 2 aliphatic rings. The molecule has 1 unspecified atom stereocenters. The van der Waals surface area contributed by atoms with Crippen LogP contribution >= 0.6 is 23.6 Å². The van der Waals surface area contributed by atoms with Gasteiger partial charge in [0.2, 0.25) is 5.89 Å². The summed E-state index contributed by atoms with van der Waals surface area (Å²) in [4.78, 5) is 3.19. The van der Waals surface area contributed by atoms with E-state index in [9.17, 15) is 8.42 Å². The molecule has 6 nitrogen and oxygen atoms in total. The molecule has 0 aliphatic carbocycles. The monoisotopic (exact) mass is 386 g/mol. The predicted molar refractivity (Wildman–Crippen MR) is 93.5 cm³/mol. The number of nitrogens with zero attached hydrogens (tertiary/aromatic N) is 2. The Balaban J connectivity index is 1.52. The first-order valence-corrected chi connectivity index (χ1v) is 11.3. The van der Waals surface area contributed by atoms with E-state index in [-0.39, 0.29) is 17.4 Å². The molecule has 4 heterocycles. The Labute approximate surface area is 150 Å². The van der Waals surface area contributed by atoms with Gasteiger partial charge in [-0.25, -0.2) is 8.42 Å². The molecule has 4 rings (SSSR count). The van der Waals surface area contributed by atoms with E-state index in [4.69, 9.17) is 16.6 Å². The number of quaternary nitrogens is 1. The average molecular weight is 387 g/mol. The van der Waals surface area contributed by atoms with E-state index in [0.717, 1.165) is 6.54 Å². The molecule has 0 amide bonds. The lowest BCUT2D eigenvalue weighted by atomic mass is 10.1. The molecule has 2 aromatic rings. The summed E-state index contributed by atoms with van der Waals surface area (Å²) < 4.78 is 30.7. The zero-order valence-corrected chi connectivity index (χ0v) is 15.6. The lowest BCUT2D eigenvalue weighted by molar-refractivity contribution is -0.941. The summed E-state index contributed by atoms with van der Waals surface area (Å²) >= 11 is 7.11. The highest BCUT2D eigenvalue weighted by Crippen LogP contribution is 2.28. The molecule has 9 heteroatoms. The Morgan fingerprint density at radius 3 is 3.04 bits per heavy atom. The SMILES string of the molecule is O=S1(=O)CC[C@@H](c2nn(C[NH+]3CCC[C@H]3c3cccs3)c(=S)o2)C1. The van der Waals surface area contributed by atoms with Crippen LogP contribution in [0.5, 0.6) is 0 Å². The third-order valence-electron chi connectivity index (χ3n) is 4.93. The third-order valence-corrected chi connectivity index (χ3v) is 7.97. The van der Waals surface area contributed by atoms with Crippen LogP contribution in [-0.2, 0) is 16.5 Å². The molecule has 1 N–H and O–H groups in total. The largest absolute Gasteiger partial charge is 0.413 e. The van der Waals surface area contributed by atoms with Crippen molar-refractivity contribution >= 4 is 33.4 Å². The van der Waals surface area contributed by atoms with Crippen molar-refractivity contribution in [3.05, 3.63) is 33.1 Å². The second kappa shape index (κ2) is 6.36. The second-order valence-electron chi connectivity index (χ2n) is 6.58. The van der Waals surface area contributed by atoms with Crippen molar-refractivity contribution in [3.63, 3.8) is 0 Å². The molecule has 2 aliphatic heterocycles. The van der Waals surface area contributed by atoms with Gasteiger partial charge < -0.3 is 9.32 Å². The van der Waals surface area contributed by atoms with Crippen LogP contribution in [0, 0.1) is 4.84 Å². The topological polar surface area (TPSA) is 69.5 Å². The minimum atomic E-state index is -2.96. The van der Waals surface area contributed by atoms with E-state index >= 15 is 0 Å². The average Bonchev–Trinajstić information content (AvgIpc) is 3.27. The molecule has 0 radical (unpaired) electrons. The number of thiophene rings is 1. The van der Waals surface area contributed by atoms with Crippen LogP contribution in [-0.4, -0.2) is 36.2 Å². The highest BCUT2D eigenvalue weighted by atomic mass is 32.2. The van der Waals surface area contributed by atoms with Crippen LogP contribution in [0.3, 0.4) is 0 Å². The number of likely N-dealkylation sites (tertiary alicyclic amines) is 1. The molecule has 2 saturated heterocycles. The van der Waals surface area contributed by atoms with Crippen molar-refractivity contribution < 1.29 is 17.7 Å². The van der Waals surface area contributed by atoms with Crippen molar-refractivity contribution in [1.82, 2.24) is 9.78 Å². The van der Waals surface area contributed by atoms with E-state index in [0.29, 0.717) is 29.9 Å². The van der Waals surface area contributed by atoms with Crippen molar-refractivity contribution in [1.29, 1.82) is 0 Å². The number of nitrogens with one attached hydrogen (secondary N) is 1. The summed E-state index contributed by atoms with van der Waals surface area (Å²) in [7, 11) is -2.96. The zero-order valence-electron chi connectivity index (χ0n) is 13.2. The van der Waals surface area contributed by atoms with Crippen LogP contribution in [0.1, 0.15) is 42.0 Å². The maximum Gasteiger partial charge on any atom is 0.291 e. The van der Waals surface area contributed by atoms with Crippen LogP contribution < -0.4 is 4.90 Å². The Morgan fingerprint density at radius 2 is 2.33 bits per heavy atom. The lowest BCUT2D eigenvalue weighted by Gasteiger charge is -2.19. The van der Waals surface area contributed by atoms with Gasteiger partial charge in [0, 0.05) is 12.8 Å². The molecule has 2 fully saturated rings. The summed E-state index contributed by atoms with van der Waals surface area (Å²) in [5.74, 6) is 0.661. The van der Waals surface area contributed by atoms with E-state index < -0.39 is 9.84 Å². The molecule has 24 heavy (non-hydrogen) atoms. The predicted octanol–water partition coefficient (Wildman–Crippen LogP) is 1.55. The van der Waals surface area contributed by atoms with E-state index in [1.165, 1.54) is 22.6 Å². The molecular formula is C15H20N3O3S3+. The van der Waals surface area contributed by atoms with Crippen LogP contribution in [0.15, 0.2) is 21.9 Å². The van der Waals surface area contributed by atoms with E-state index in [2.05, 4.69) is 22.6 Å². The Kier molecular flexibility index (Phi) is 4.36. The van der Waals surface area contributed by atoms with Crippen molar-refractivity contribution in [3.8, 4) is 0 Å². The maximum absolute atomic E-state index is 11.7. The highest BCUT2D eigenvalue weighted by molar-refractivity contribution is 7.91. The second-order valence-corrected chi connectivity index (χ2v) is 10.1. The van der Waals surface area contributed by atoms with Crippen LogP contribution in [0.25, 0.3) is 0 Å². The molecular weight excluding hydrogens is 366 g/mol. The van der Waals surface area contributed by atoms with Gasteiger partial charge in [-0.15, -0.1) is 16.4 Å². The first-order chi connectivity index (χ1) is 11.5. The van der Waals surface area contributed by atoms with Crippen molar-refractivity contribution in [2.24, 2.45) is 0 Å². The van der Waals surface area contributed by atoms with Gasteiger partial charge in [-0.1, -0.05) is 6.07 Å². The number of hydrogen-bond acceptors (Lipinski definition) is 6. The van der Waals surface area contributed by atoms with Crippen LogP contribution in [0.4, 0.5) is 0 Å². The van der Waals surface area contributed by atoms with Crippen molar-refractivity contribution in [2.45, 2.75) is 37.9 Å². The summed E-state index contributed by atoms with van der Waals surface area (Å²) in [5, 5.41) is 6.62. The van der Waals surface area contributed by atoms with Gasteiger partial charge in [-0.3, -0.25) is 0 Å². The fourth-order valence-electron chi connectivity index (χ4n) is 3.70. The summed E-state index contributed by atoms with van der Waals surface area (Å²) in [6.45, 7) is 1.76. The minimum Gasteiger partial charge on any atom is -0.413 e. The summed E-state index contributed by atoms with van der Waals surface area (Å²) in [5.41, 5.74) is 0. The normalized spacial score (nSPS) is 29.2. The van der Waals surface area contributed by atoms with Gasteiger partial charge in [0.25, 0.3) is 4.84 Å². The molecule has 130 valence electrons. The van der Waals surface area contributed by atoms with Gasteiger partial charge in [0.15, 0.2) is 16.5 Å². The fraction of sp³-hybridized carbons (Fsp3) is 0.600. The number of hydrogen-bond donors (Lipinski definition) is 1. The van der Waals surface area contributed by atoms with Crippen LogP contribution in [0.2, 0.25) is 0 Å². The Bertz CT molecular complexity index is 869. The Hall–Kier alpha value is -1.03. The van der Waals surface area contributed by atoms with E-state index in [1.54, 1.807) is 16.0 Å². The maximum atomic E-state index is 11.7. The zero-order chi connectivity index (χ0) is 16.7. The standard InChI is InChI=1S/C15H19N3O3S3/c19-24(20)8-5-11(9-24)14-16-18(15(22)21-14)10-17-6-1-3-12(17)13-4-2-7-23-13/h2,4,7,11-12H,1,3,5-6,8-10H2/p+1/t11-,12+/m1/s1. The summed E-state index contributed by atoms with van der Waals surface area (Å²) in [6.07, 6.45) is 2.94. The summed E-state index contributed by atoms with van der Waals surface area (Å²) in [6, 6.07) is 4.77. The molecule has 0 aromatic carbocycles. The first kappa shape index (κ1) is 16.4. The van der Waals surface area contributed by atoms with E-state index in [1.807, 2.05) is 0 Å². The number of sulfone groups is 1. The Morgan fingerprint density at radius 1 is 1.46 bits per heavy atom. The lowest BCUT2D eigenvalue weighted by Crippen LogP contribution is -3.09. The van der Waals surface area contributed by atoms with Gasteiger partial charge >= 0.3 is 0 Å².